The number of carbonyl (C=O) groups excluding carboxylic acids is 1. The molecule has 0 spiro atoms. The second kappa shape index (κ2) is 11.4. The monoisotopic (exact) mass is 541 g/mol. The van der Waals surface area contributed by atoms with Gasteiger partial charge in [0.1, 0.15) is 16.6 Å². The van der Waals surface area contributed by atoms with Crippen molar-refractivity contribution >= 4 is 37.3 Å². The fourth-order valence-electron chi connectivity index (χ4n) is 4.36. The molecule has 2 saturated heterocycles. The normalized spacial score (nSPS) is 20.4. The molecule has 1 aromatic carbocycles. The highest BCUT2D eigenvalue weighted by Gasteiger charge is 2.33. The Hall–Kier alpha value is -1.99. The van der Waals surface area contributed by atoms with Gasteiger partial charge in [-0.15, -0.1) is 11.3 Å². The Morgan fingerprint density at radius 3 is 2.34 bits per heavy atom. The molecule has 2 aliphatic heterocycles. The molecule has 2 aliphatic rings. The Kier molecular flexibility index (Phi) is 8.48. The number of benzene rings is 1. The first-order chi connectivity index (χ1) is 16.8. The van der Waals surface area contributed by atoms with E-state index in [2.05, 4.69) is 5.32 Å². The number of sulfonamides is 2. The zero-order chi connectivity index (χ0) is 24.9. The molecule has 1 N–H and O–H groups in total. The van der Waals surface area contributed by atoms with Crippen LogP contribution in [0.5, 0.6) is 5.75 Å². The third kappa shape index (κ3) is 6.23. The smallest absolute Gasteiger partial charge is 0.252 e. The lowest BCUT2D eigenvalue weighted by atomic mass is 9.99. The third-order valence-corrected chi connectivity index (χ3v) is 11.4. The van der Waals surface area contributed by atoms with Gasteiger partial charge in [0.25, 0.3) is 10.0 Å². The molecule has 0 unspecified atom stereocenters. The predicted octanol–water partition coefficient (Wildman–Crippen LogP) is 2.52. The molecule has 0 saturated carbocycles. The van der Waals surface area contributed by atoms with Crippen LogP contribution in [0.1, 0.15) is 32.1 Å². The van der Waals surface area contributed by atoms with Crippen LogP contribution in [-0.2, 0) is 24.8 Å². The van der Waals surface area contributed by atoms with Gasteiger partial charge in [-0.25, -0.2) is 16.8 Å². The number of hydrogen-bond acceptors (Lipinski definition) is 7. The zero-order valence-corrected chi connectivity index (χ0v) is 21.9. The Balaban J connectivity index is 1.23. The minimum absolute atomic E-state index is 0.167. The Morgan fingerprint density at radius 1 is 0.943 bits per heavy atom. The molecule has 1 aromatic heterocycles. The van der Waals surface area contributed by atoms with Crippen molar-refractivity contribution in [3.8, 4) is 5.75 Å². The third-order valence-electron chi connectivity index (χ3n) is 6.29. The van der Waals surface area contributed by atoms with E-state index in [0.29, 0.717) is 42.4 Å². The van der Waals surface area contributed by atoms with Crippen LogP contribution in [0.2, 0.25) is 0 Å². The lowest BCUT2D eigenvalue weighted by Gasteiger charge is -2.30. The van der Waals surface area contributed by atoms with Crippen LogP contribution in [-0.4, -0.2) is 70.7 Å². The maximum absolute atomic E-state index is 12.8. The highest BCUT2D eigenvalue weighted by Crippen LogP contribution is 2.26. The standard InChI is InChI=1S/C23H31N3O6S3/c27-23(19-6-4-15-26(18-19)35(30,31)22-7-5-17-33-22)24-12-16-32-20-8-10-21(11-9-20)34(28,29)25-13-2-1-3-14-25/h5,7-11,17,19H,1-4,6,12-16,18H2,(H,24,27)/t19-/m0/s1. The molecular weight excluding hydrogens is 510 g/mol. The number of rotatable bonds is 9. The molecule has 35 heavy (non-hydrogen) atoms. The number of hydrogen-bond donors (Lipinski definition) is 1. The van der Waals surface area contributed by atoms with Crippen molar-refractivity contribution in [3.05, 3.63) is 41.8 Å². The number of thiophene rings is 1. The van der Waals surface area contributed by atoms with E-state index >= 15 is 0 Å². The van der Waals surface area contributed by atoms with Gasteiger partial charge in [0.15, 0.2) is 0 Å². The van der Waals surface area contributed by atoms with Crippen LogP contribution < -0.4 is 10.1 Å². The van der Waals surface area contributed by atoms with E-state index in [1.165, 1.54) is 19.9 Å². The number of nitrogens with one attached hydrogen (secondary N) is 1. The van der Waals surface area contributed by atoms with Crippen LogP contribution in [0.25, 0.3) is 0 Å². The lowest BCUT2D eigenvalue weighted by molar-refractivity contribution is -0.126. The van der Waals surface area contributed by atoms with E-state index in [0.717, 1.165) is 19.3 Å². The summed E-state index contributed by atoms with van der Waals surface area (Å²) in [5.41, 5.74) is 0. The molecule has 3 heterocycles. The second-order valence-corrected chi connectivity index (χ2v) is 13.8. The number of ether oxygens (including phenoxy) is 1. The number of amides is 1. The summed E-state index contributed by atoms with van der Waals surface area (Å²) in [6.45, 7) is 2.17. The maximum atomic E-state index is 12.8. The maximum Gasteiger partial charge on any atom is 0.252 e. The van der Waals surface area contributed by atoms with Gasteiger partial charge < -0.3 is 10.1 Å². The molecule has 192 valence electrons. The van der Waals surface area contributed by atoms with Crippen molar-refractivity contribution in [1.29, 1.82) is 0 Å². The van der Waals surface area contributed by atoms with Crippen LogP contribution in [0.4, 0.5) is 0 Å². The second-order valence-electron chi connectivity index (χ2n) is 8.71. The average Bonchev–Trinajstić information content (AvgIpc) is 3.44. The molecule has 9 nitrogen and oxygen atoms in total. The van der Waals surface area contributed by atoms with Gasteiger partial charge >= 0.3 is 0 Å². The van der Waals surface area contributed by atoms with E-state index in [9.17, 15) is 21.6 Å². The highest BCUT2D eigenvalue weighted by atomic mass is 32.2. The molecular formula is C23H31N3O6S3. The van der Waals surface area contributed by atoms with E-state index < -0.39 is 26.0 Å². The van der Waals surface area contributed by atoms with Crippen molar-refractivity contribution in [2.45, 2.75) is 41.2 Å². The van der Waals surface area contributed by atoms with Gasteiger partial charge in [-0.05, 0) is 61.4 Å². The van der Waals surface area contributed by atoms with Crippen LogP contribution in [0.15, 0.2) is 50.9 Å². The summed E-state index contributed by atoms with van der Waals surface area (Å²) in [6, 6.07) is 9.61. The number of piperidine rings is 2. The first kappa shape index (κ1) is 26.1. The minimum atomic E-state index is -3.57. The summed E-state index contributed by atoms with van der Waals surface area (Å²) in [5, 5.41) is 4.55. The van der Waals surface area contributed by atoms with Crippen molar-refractivity contribution < 1.29 is 26.4 Å². The first-order valence-corrected chi connectivity index (χ1v) is 15.6. The zero-order valence-electron chi connectivity index (χ0n) is 19.5. The van der Waals surface area contributed by atoms with Crippen LogP contribution in [0.3, 0.4) is 0 Å². The summed E-state index contributed by atoms with van der Waals surface area (Å²) in [5.74, 6) is -0.0804. The quantitative estimate of drug-likeness (QED) is 0.488. The summed E-state index contributed by atoms with van der Waals surface area (Å²) in [4.78, 5) is 12.9. The summed E-state index contributed by atoms with van der Waals surface area (Å²) < 4.78 is 59.8. The Morgan fingerprint density at radius 2 is 1.66 bits per heavy atom. The van der Waals surface area contributed by atoms with Crippen molar-refractivity contribution in [2.75, 3.05) is 39.3 Å². The molecule has 0 aliphatic carbocycles. The number of nitrogens with zero attached hydrogens (tertiary/aromatic N) is 2. The minimum Gasteiger partial charge on any atom is -0.492 e. The molecule has 12 heteroatoms. The summed E-state index contributed by atoms with van der Waals surface area (Å²) in [6.07, 6.45) is 4.09. The largest absolute Gasteiger partial charge is 0.492 e. The van der Waals surface area contributed by atoms with Crippen LogP contribution >= 0.6 is 11.3 Å². The number of carbonyl (C=O) groups is 1. The predicted molar refractivity (Wildman–Crippen MR) is 133 cm³/mol. The van der Waals surface area contributed by atoms with E-state index in [1.54, 1.807) is 41.8 Å². The Labute approximate surface area is 211 Å². The van der Waals surface area contributed by atoms with E-state index in [1.807, 2.05) is 0 Å². The molecule has 0 radical (unpaired) electrons. The molecule has 2 fully saturated rings. The molecule has 1 amide bonds. The highest BCUT2D eigenvalue weighted by molar-refractivity contribution is 7.91. The SMILES string of the molecule is O=C(NCCOc1ccc(S(=O)(=O)N2CCCCC2)cc1)[C@H]1CCCN(S(=O)(=O)c2cccs2)C1. The lowest BCUT2D eigenvalue weighted by Crippen LogP contribution is -2.45. The molecule has 0 bridgehead atoms. The first-order valence-electron chi connectivity index (χ1n) is 11.8. The van der Waals surface area contributed by atoms with Crippen molar-refractivity contribution in [2.24, 2.45) is 5.92 Å². The van der Waals surface area contributed by atoms with Crippen molar-refractivity contribution in [1.82, 2.24) is 13.9 Å². The van der Waals surface area contributed by atoms with E-state index in [-0.39, 0.29) is 30.5 Å². The van der Waals surface area contributed by atoms with Crippen LogP contribution in [0, 0.1) is 5.92 Å². The van der Waals surface area contributed by atoms with Gasteiger partial charge in [-0.1, -0.05) is 12.5 Å². The van der Waals surface area contributed by atoms with Gasteiger partial charge in [-0.3, -0.25) is 4.79 Å². The van der Waals surface area contributed by atoms with E-state index in [4.69, 9.17) is 4.74 Å². The summed E-state index contributed by atoms with van der Waals surface area (Å²) >= 11 is 1.17. The summed E-state index contributed by atoms with van der Waals surface area (Å²) in [7, 11) is -7.05. The molecule has 1 atom stereocenters. The average molecular weight is 542 g/mol. The fraction of sp³-hybridized carbons (Fsp3) is 0.522. The van der Waals surface area contributed by atoms with Gasteiger partial charge in [-0.2, -0.15) is 8.61 Å². The molecule has 2 aromatic rings. The van der Waals surface area contributed by atoms with Crippen molar-refractivity contribution in [3.63, 3.8) is 0 Å². The van der Waals surface area contributed by atoms with Gasteiger partial charge in [0.2, 0.25) is 15.9 Å². The molecule has 4 rings (SSSR count). The topological polar surface area (TPSA) is 113 Å². The fourth-order valence-corrected chi connectivity index (χ4v) is 8.55. The Bertz CT molecular complexity index is 1190. The van der Waals surface area contributed by atoms with Gasteiger partial charge in [0, 0.05) is 26.2 Å². The van der Waals surface area contributed by atoms with Gasteiger partial charge in [0.05, 0.1) is 17.4 Å².